The lowest BCUT2D eigenvalue weighted by Crippen LogP contribution is -2.46. The first-order valence-electron chi connectivity index (χ1n) is 14.7. The lowest BCUT2D eigenvalue weighted by molar-refractivity contribution is -0.126. The van der Waals surface area contributed by atoms with E-state index in [2.05, 4.69) is 5.32 Å². The zero-order valence-electron chi connectivity index (χ0n) is 24.9. The maximum Gasteiger partial charge on any atom is 0.407 e. The second-order valence-corrected chi connectivity index (χ2v) is 12.6. The molecule has 2 bridgehead atoms. The molecule has 1 N–H and O–H groups in total. The number of methoxy groups -OCH3 is 1. The molecule has 10 heteroatoms. The number of aliphatic imine (C=N–C) groups is 1. The number of nitrogens with one attached hydrogen (secondary N) is 1. The molecule has 4 aliphatic rings. The van der Waals surface area contributed by atoms with Crippen LogP contribution in [0.4, 0.5) is 10.5 Å². The van der Waals surface area contributed by atoms with Crippen LogP contribution in [0.15, 0.2) is 47.6 Å². The summed E-state index contributed by atoms with van der Waals surface area (Å²) in [6.45, 7) is 6.76. The van der Waals surface area contributed by atoms with E-state index in [9.17, 15) is 9.59 Å². The number of hydrogen-bond acceptors (Lipinski definition) is 8. The Morgan fingerprint density at radius 3 is 2.64 bits per heavy atom. The number of carbonyl (C=O) groups excluding carboxylic acids is 2. The molecule has 10 nitrogen and oxygen atoms in total. The fourth-order valence-corrected chi connectivity index (χ4v) is 6.11. The smallest absolute Gasteiger partial charge is 0.407 e. The minimum atomic E-state index is -0.593. The number of amidine groups is 1. The van der Waals surface area contributed by atoms with Gasteiger partial charge in [-0.3, -0.25) is 4.79 Å². The average Bonchev–Trinajstić information content (AvgIpc) is 3.68. The number of fused-ring (bicyclic) bond motifs is 3. The molecule has 3 heterocycles. The summed E-state index contributed by atoms with van der Waals surface area (Å²) >= 11 is 0. The first kappa shape index (κ1) is 28.1. The predicted octanol–water partition coefficient (Wildman–Crippen LogP) is 4.63. The molecule has 3 fully saturated rings. The monoisotopic (exact) mass is 573 g/mol. The summed E-state index contributed by atoms with van der Waals surface area (Å²) in [5.41, 5.74) is 2.06. The summed E-state index contributed by atoms with van der Waals surface area (Å²) in [5.74, 6) is 2.48. The summed E-state index contributed by atoms with van der Waals surface area (Å²) in [6, 6.07) is 11.1. The van der Waals surface area contributed by atoms with Crippen molar-refractivity contribution in [2.75, 3.05) is 32.2 Å². The van der Waals surface area contributed by atoms with Gasteiger partial charge >= 0.3 is 6.09 Å². The first-order chi connectivity index (χ1) is 20.1. The lowest BCUT2D eigenvalue weighted by Gasteiger charge is -2.29. The van der Waals surface area contributed by atoms with E-state index >= 15 is 0 Å². The molecule has 0 spiro atoms. The molecule has 3 atom stereocenters. The highest BCUT2D eigenvalue weighted by molar-refractivity contribution is 6.24. The number of amides is 2. The van der Waals surface area contributed by atoms with Gasteiger partial charge in [-0.25, -0.2) is 14.8 Å². The van der Waals surface area contributed by atoms with Gasteiger partial charge in [0.15, 0.2) is 5.84 Å². The standard InChI is InChI=1S/C32H39N5O5/c1-32(2,3)42-31(39)35-28-20-11-13-26(28)37(17-20)30(38)23-16-33-29(36(4)25-14-12-21(40-5)15-22(23)25)24-7-6-8-27(34-24)41-18-19-9-10-19/h6-8,12,14-16,19-20,26,28H,9-11,13,17-18H2,1-5H3,(H,35,39)/t20-,26-,28-/m1/s1. The van der Waals surface area contributed by atoms with Gasteiger partial charge in [0.25, 0.3) is 5.91 Å². The minimum Gasteiger partial charge on any atom is -0.497 e. The number of ether oxygens (including phenoxy) is 3. The number of likely N-dealkylation sites (tertiary alicyclic amines) is 1. The van der Waals surface area contributed by atoms with Crippen LogP contribution in [0.25, 0.3) is 5.57 Å². The van der Waals surface area contributed by atoms with Gasteiger partial charge in [0.05, 0.1) is 37.1 Å². The quantitative estimate of drug-likeness (QED) is 0.515. The zero-order chi connectivity index (χ0) is 29.6. The van der Waals surface area contributed by atoms with Crippen LogP contribution in [0.5, 0.6) is 11.6 Å². The number of carbonyl (C=O) groups is 2. The Hall–Kier alpha value is -4.08. The van der Waals surface area contributed by atoms with E-state index in [-0.39, 0.29) is 23.9 Å². The Morgan fingerprint density at radius 2 is 1.90 bits per heavy atom. The molecule has 0 radical (unpaired) electrons. The van der Waals surface area contributed by atoms with Crippen LogP contribution < -0.4 is 19.7 Å². The maximum atomic E-state index is 14.3. The summed E-state index contributed by atoms with van der Waals surface area (Å²) in [5, 5.41) is 3.05. The molecule has 1 aromatic heterocycles. The molecule has 1 aromatic carbocycles. The maximum absolute atomic E-state index is 14.3. The average molecular weight is 574 g/mol. The Labute approximate surface area is 246 Å². The van der Waals surface area contributed by atoms with Crippen molar-refractivity contribution in [2.24, 2.45) is 16.8 Å². The highest BCUT2D eigenvalue weighted by atomic mass is 16.6. The second-order valence-electron chi connectivity index (χ2n) is 12.6. The lowest BCUT2D eigenvalue weighted by atomic mass is 10.0. The van der Waals surface area contributed by atoms with E-state index in [1.165, 1.54) is 12.8 Å². The molecular weight excluding hydrogens is 534 g/mol. The molecule has 0 unspecified atom stereocenters. The van der Waals surface area contributed by atoms with Crippen molar-refractivity contribution in [3.05, 3.63) is 53.9 Å². The number of nitrogens with zero attached hydrogens (tertiary/aromatic N) is 4. The molecule has 2 saturated carbocycles. The Balaban J connectivity index is 1.30. The third-order valence-electron chi connectivity index (χ3n) is 8.37. The van der Waals surface area contributed by atoms with Crippen molar-refractivity contribution < 1.29 is 23.8 Å². The van der Waals surface area contributed by atoms with Crippen molar-refractivity contribution in [3.8, 4) is 11.6 Å². The molecule has 2 aromatic rings. The number of piperidine rings is 1. The van der Waals surface area contributed by atoms with Crippen molar-refractivity contribution in [1.82, 2.24) is 15.2 Å². The minimum absolute atomic E-state index is 0.114. The van der Waals surface area contributed by atoms with Crippen LogP contribution in [0.1, 0.15) is 57.7 Å². The largest absolute Gasteiger partial charge is 0.497 e. The molecule has 6 rings (SSSR count). The van der Waals surface area contributed by atoms with Crippen molar-refractivity contribution in [2.45, 2.75) is 64.1 Å². The van der Waals surface area contributed by atoms with Crippen molar-refractivity contribution >= 4 is 29.1 Å². The van der Waals surface area contributed by atoms with Crippen LogP contribution in [0.3, 0.4) is 0 Å². The Morgan fingerprint density at radius 1 is 1.10 bits per heavy atom. The normalized spacial score (nSPS) is 23.0. The van der Waals surface area contributed by atoms with E-state index < -0.39 is 11.7 Å². The van der Waals surface area contributed by atoms with Gasteiger partial charge in [0, 0.05) is 31.4 Å². The van der Waals surface area contributed by atoms with Crippen LogP contribution in [0.2, 0.25) is 0 Å². The van der Waals surface area contributed by atoms with E-state index in [0.717, 1.165) is 24.1 Å². The number of anilines is 1. The van der Waals surface area contributed by atoms with Crippen LogP contribution in [-0.2, 0) is 9.53 Å². The van der Waals surface area contributed by atoms with Gasteiger partial charge in [-0.05, 0) is 82.6 Å². The van der Waals surface area contributed by atoms with Crippen LogP contribution >= 0.6 is 0 Å². The van der Waals surface area contributed by atoms with Crippen LogP contribution in [-0.4, -0.2) is 72.7 Å². The first-order valence-corrected chi connectivity index (χ1v) is 14.7. The number of aromatic nitrogens is 1. The second kappa shape index (κ2) is 11.0. The number of benzene rings is 1. The summed E-state index contributed by atoms with van der Waals surface area (Å²) in [7, 11) is 3.53. The van der Waals surface area contributed by atoms with E-state index in [1.54, 1.807) is 13.3 Å². The SMILES string of the molecule is COc1ccc2c(c1)C(C(=O)N1C[C@H]3CC[C@@H]1[C@@H]3NC(=O)OC(C)(C)C)=CN=C(c1cccc(OCC3CC3)n1)N2C. The van der Waals surface area contributed by atoms with Gasteiger partial charge in [0.2, 0.25) is 5.88 Å². The predicted molar refractivity (Wildman–Crippen MR) is 160 cm³/mol. The third kappa shape index (κ3) is 5.67. The van der Waals surface area contributed by atoms with Crippen molar-refractivity contribution in [1.29, 1.82) is 0 Å². The summed E-state index contributed by atoms with van der Waals surface area (Å²) < 4.78 is 17.0. The number of pyridine rings is 1. The Kier molecular flexibility index (Phi) is 7.32. The molecule has 2 aliphatic carbocycles. The highest BCUT2D eigenvalue weighted by Crippen LogP contribution is 2.41. The fraction of sp³-hybridized carbons (Fsp3) is 0.500. The van der Waals surface area contributed by atoms with Gasteiger partial charge in [-0.2, -0.15) is 0 Å². The molecule has 2 aliphatic heterocycles. The topological polar surface area (TPSA) is 106 Å². The Bertz CT molecular complexity index is 1440. The fourth-order valence-electron chi connectivity index (χ4n) is 6.11. The van der Waals surface area contributed by atoms with Gasteiger partial charge < -0.3 is 29.3 Å². The van der Waals surface area contributed by atoms with E-state index in [1.807, 2.05) is 74.0 Å². The molecular formula is C32H39N5O5. The number of hydrogen-bond donors (Lipinski definition) is 1. The third-order valence-corrected chi connectivity index (χ3v) is 8.37. The number of alkyl carbamates (subject to hydrolysis) is 1. The summed E-state index contributed by atoms with van der Waals surface area (Å²) in [6.07, 6.45) is 5.37. The van der Waals surface area contributed by atoms with Gasteiger partial charge in [0.1, 0.15) is 17.0 Å². The highest BCUT2D eigenvalue weighted by Gasteiger charge is 2.50. The van der Waals surface area contributed by atoms with Gasteiger partial charge in [-0.1, -0.05) is 6.07 Å². The molecule has 2 amide bonds. The van der Waals surface area contributed by atoms with Crippen molar-refractivity contribution in [3.63, 3.8) is 0 Å². The van der Waals surface area contributed by atoms with E-state index in [4.69, 9.17) is 24.2 Å². The van der Waals surface area contributed by atoms with Crippen LogP contribution in [0, 0.1) is 11.8 Å². The number of rotatable bonds is 7. The molecule has 42 heavy (non-hydrogen) atoms. The molecule has 222 valence electrons. The van der Waals surface area contributed by atoms with E-state index in [0.29, 0.717) is 47.8 Å². The van der Waals surface area contributed by atoms with Gasteiger partial charge in [-0.15, -0.1) is 0 Å². The molecule has 1 saturated heterocycles. The summed E-state index contributed by atoms with van der Waals surface area (Å²) in [4.78, 5) is 40.3. The zero-order valence-corrected chi connectivity index (χ0v) is 24.9.